The Balaban J connectivity index is 2.09. The summed E-state index contributed by atoms with van der Waals surface area (Å²) in [6.07, 6.45) is -6.88. The number of aliphatic hydroxyl groups is 4. The first-order valence-electron chi connectivity index (χ1n) is 6.15. The fraction of sp³-hybridized carbons (Fsp3) is 0.500. The lowest BCUT2D eigenvalue weighted by atomic mass is 9.99. The molecule has 116 valence electrons. The monoisotopic (exact) mass is 301 g/mol. The number of hydrogen-bond donors (Lipinski definition) is 4. The average Bonchev–Trinajstić information content (AvgIpc) is 2.47. The van der Waals surface area contributed by atoms with Gasteiger partial charge in [0.2, 0.25) is 0 Å². The summed E-state index contributed by atoms with van der Waals surface area (Å²) < 4.78 is 10.2. The highest BCUT2D eigenvalue weighted by Crippen LogP contribution is 2.25. The molecule has 1 aliphatic rings. The molecule has 2 rings (SSSR count). The summed E-state index contributed by atoms with van der Waals surface area (Å²) in [4.78, 5) is 9.95. The normalized spacial score (nSPS) is 32.7. The van der Waals surface area contributed by atoms with Gasteiger partial charge in [-0.25, -0.2) is 0 Å². The molecule has 0 unspecified atom stereocenters. The number of nitrogens with zero attached hydrogens (tertiary/aromatic N) is 1. The fourth-order valence-corrected chi connectivity index (χ4v) is 2.00. The Morgan fingerprint density at radius 2 is 1.81 bits per heavy atom. The molecule has 1 aromatic rings. The zero-order valence-corrected chi connectivity index (χ0v) is 10.8. The fourth-order valence-electron chi connectivity index (χ4n) is 2.00. The predicted molar refractivity (Wildman–Crippen MR) is 67.5 cm³/mol. The molecule has 9 nitrogen and oxygen atoms in total. The molecular weight excluding hydrogens is 286 g/mol. The van der Waals surface area contributed by atoms with Crippen LogP contribution in [0.2, 0.25) is 0 Å². The van der Waals surface area contributed by atoms with E-state index in [2.05, 4.69) is 0 Å². The van der Waals surface area contributed by atoms with Gasteiger partial charge in [-0.3, -0.25) is 10.1 Å². The van der Waals surface area contributed by atoms with Crippen molar-refractivity contribution in [3.63, 3.8) is 0 Å². The molecular formula is C12H15NO8. The first-order chi connectivity index (χ1) is 9.93. The lowest BCUT2D eigenvalue weighted by Crippen LogP contribution is -2.60. The second kappa shape index (κ2) is 6.33. The first-order valence-corrected chi connectivity index (χ1v) is 6.15. The molecule has 0 radical (unpaired) electrons. The van der Waals surface area contributed by atoms with Crippen LogP contribution in [-0.2, 0) is 4.74 Å². The second-order valence-electron chi connectivity index (χ2n) is 4.56. The summed E-state index contributed by atoms with van der Waals surface area (Å²) >= 11 is 0. The minimum absolute atomic E-state index is 0.135. The van der Waals surface area contributed by atoms with Crippen molar-refractivity contribution >= 4 is 5.69 Å². The summed E-state index contributed by atoms with van der Waals surface area (Å²) in [7, 11) is 0. The first kappa shape index (κ1) is 15.6. The smallest absolute Gasteiger partial charge is 0.269 e. The van der Waals surface area contributed by atoms with E-state index in [0.717, 1.165) is 0 Å². The van der Waals surface area contributed by atoms with Gasteiger partial charge in [0, 0.05) is 12.1 Å². The van der Waals surface area contributed by atoms with E-state index in [1.54, 1.807) is 0 Å². The Bertz CT molecular complexity index is 493. The van der Waals surface area contributed by atoms with Crippen molar-refractivity contribution in [2.45, 2.75) is 30.7 Å². The van der Waals surface area contributed by atoms with Crippen LogP contribution in [0, 0.1) is 10.1 Å². The van der Waals surface area contributed by atoms with Crippen LogP contribution in [0.4, 0.5) is 5.69 Å². The van der Waals surface area contributed by atoms with E-state index >= 15 is 0 Å². The van der Waals surface area contributed by atoms with Crippen molar-refractivity contribution in [1.29, 1.82) is 0 Å². The van der Waals surface area contributed by atoms with Gasteiger partial charge >= 0.3 is 0 Å². The molecule has 1 aliphatic heterocycles. The zero-order chi connectivity index (χ0) is 15.6. The van der Waals surface area contributed by atoms with Gasteiger partial charge in [0.1, 0.15) is 24.1 Å². The Labute approximate surface area is 119 Å². The summed E-state index contributed by atoms with van der Waals surface area (Å²) in [5.41, 5.74) is -0.135. The van der Waals surface area contributed by atoms with E-state index < -0.39 is 42.2 Å². The third kappa shape index (κ3) is 3.28. The number of non-ortho nitro benzene ring substituents is 1. The van der Waals surface area contributed by atoms with Gasteiger partial charge in [-0.2, -0.15) is 0 Å². The maximum atomic E-state index is 10.5. The lowest BCUT2D eigenvalue weighted by Gasteiger charge is -2.39. The summed E-state index contributed by atoms with van der Waals surface area (Å²) in [6.45, 7) is -0.570. The van der Waals surface area contributed by atoms with Crippen molar-refractivity contribution in [2.24, 2.45) is 0 Å². The zero-order valence-electron chi connectivity index (χ0n) is 10.8. The van der Waals surface area contributed by atoms with E-state index in [0.29, 0.717) is 0 Å². The molecule has 0 aromatic heterocycles. The molecule has 5 atom stereocenters. The van der Waals surface area contributed by atoms with Crippen molar-refractivity contribution < 1.29 is 34.8 Å². The molecule has 1 aromatic carbocycles. The van der Waals surface area contributed by atoms with Crippen LogP contribution in [0.25, 0.3) is 0 Å². The maximum absolute atomic E-state index is 10.5. The molecule has 0 saturated carbocycles. The molecule has 21 heavy (non-hydrogen) atoms. The van der Waals surface area contributed by atoms with Gasteiger partial charge in [-0.05, 0) is 12.1 Å². The minimum Gasteiger partial charge on any atom is -0.482 e. The molecule has 4 N–H and O–H groups in total. The quantitative estimate of drug-likeness (QED) is 0.400. The van der Waals surface area contributed by atoms with E-state index in [1.807, 2.05) is 0 Å². The second-order valence-corrected chi connectivity index (χ2v) is 4.56. The van der Waals surface area contributed by atoms with Gasteiger partial charge < -0.3 is 29.9 Å². The average molecular weight is 301 g/mol. The van der Waals surface area contributed by atoms with E-state index in [9.17, 15) is 25.4 Å². The van der Waals surface area contributed by atoms with Crippen molar-refractivity contribution in [2.75, 3.05) is 6.61 Å². The number of benzene rings is 1. The predicted octanol–water partition coefficient (Wildman–Crippen LogP) is -1.23. The van der Waals surface area contributed by atoms with Crippen molar-refractivity contribution in [3.05, 3.63) is 34.4 Å². The Morgan fingerprint density at radius 3 is 2.33 bits per heavy atom. The minimum atomic E-state index is -1.56. The van der Waals surface area contributed by atoms with E-state index in [-0.39, 0.29) is 11.4 Å². The Hall–Kier alpha value is -1.78. The van der Waals surface area contributed by atoms with E-state index in [4.69, 9.17) is 14.6 Å². The van der Waals surface area contributed by atoms with Crippen LogP contribution in [0.5, 0.6) is 5.75 Å². The Morgan fingerprint density at radius 1 is 1.19 bits per heavy atom. The SMILES string of the molecule is O=[N+]([O-])c1ccc(O[C@@H]2[C@@H](O)[C@H](O)[C@@H](CO)O[C@H]2O)cc1. The largest absolute Gasteiger partial charge is 0.482 e. The van der Waals surface area contributed by atoms with Crippen LogP contribution < -0.4 is 4.74 Å². The highest BCUT2D eigenvalue weighted by molar-refractivity contribution is 5.36. The van der Waals surface area contributed by atoms with Gasteiger partial charge in [-0.15, -0.1) is 0 Å². The highest BCUT2D eigenvalue weighted by atomic mass is 16.7. The number of rotatable bonds is 4. The number of aliphatic hydroxyl groups excluding tert-OH is 4. The summed E-state index contributed by atoms with van der Waals surface area (Å²) in [5.74, 6) is 0.155. The number of nitro groups is 1. The molecule has 0 bridgehead atoms. The van der Waals surface area contributed by atoms with Crippen molar-refractivity contribution in [3.8, 4) is 5.75 Å². The standard InChI is InChI=1S/C12H15NO8/c14-5-8-9(15)10(16)11(12(17)21-8)20-7-3-1-6(2-4-7)13(18)19/h1-4,8-12,14-17H,5H2/t8-,9-,10+,11-,12-/m1/s1. The van der Waals surface area contributed by atoms with Crippen LogP contribution in [0.3, 0.4) is 0 Å². The number of nitro benzene ring substituents is 1. The molecule has 0 aliphatic carbocycles. The third-order valence-electron chi connectivity index (χ3n) is 3.16. The molecule has 0 amide bonds. The van der Waals surface area contributed by atoms with Crippen molar-refractivity contribution in [1.82, 2.24) is 0 Å². The molecule has 1 fully saturated rings. The van der Waals surface area contributed by atoms with Gasteiger partial charge in [-0.1, -0.05) is 0 Å². The summed E-state index contributed by atoms with van der Waals surface area (Å²) in [6, 6.07) is 4.99. The molecule has 0 spiro atoms. The lowest BCUT2D eigenvalue weighted by molar-refractivity contribution is -0.384. The van der Waals surface area contributed by atoms with Crippen LogP contribution >= 0.6 is 0 Å². The molecule has 1 saturated heterocycles. The number of ether oxygens (including phenoxy) is 2. The van der Waals surface area contributed by atoms with E-state index in [1.165, 1.54) is 24.3 Å². The van der Waals surface area contributed by atoms with Gasteiger partial charge in [0.25, 0.3) is 5.69 Å². The third-order valence-corrected chi connectivity index (χ3v) is 3.16. The highest BCUT2D eigenvalue weighted by Gasteiger charge is 2.45. The maximum Gasteiger partial charge on any atom is 0.269 e. The number of hydrogen-bond acceptors (Lipinski definition) is 8. The van der Waals surface area contributed by atoms with Crippen LogP contribution in [0.1, 0.15) is 0 Å². The van der Waals surface area contributed by atoms with Crippen LogP contribution in [-0.4, -0.2) is 62.7 Å². The Kier molecular flexibility index (Phi) is 4.70. The van der Waals surface area contributed by atoms with Crippen LogP contribution in [0.15, 0.2) is 24.3 Å². The summed E-state index contributed by atoms with van der Waals surface area (Å²) in [5, 5.41) is 48.8. The molecule has 9 heteroatoms. The van der Waals surface area contributed by atoms with Gasteiger partial charge in [0.05, 0.1) is 11.5 Å². The molecule has 1 heterocycles. The van der Waals surface area contributed by atoms with Gasteiger partial charge in [0.15, 0.2) is 12.4 Å². The topological polar surface area (TPSA) is 143 Å².